The standard InChI is InChI=1S/C10H12ClNO2/c1-7(12-14-3)8-4-5-10(13-2)9(11)6-8/h4-6H,1-3H3. The summed E-state index contributed by atoms with van der Waals surface area (Å²) >= 11 is 5.95. The Morgan fingerprint density at radius 3 is 2.57 bits per heavy atom. The number of ether oxygens (including phenoxy) is 1. The van der Waals surface area contributed by atoms with E-state index < -0.39 is 0 Å². The maximum absolute atomic E-state index is 5.95. The highest BCUT2D eigenvalue weighted by atomic mass is 35.5. The van der Waals surface area contributed by atoms with Crippen LogP contribution in [0.2, 0.25) is 5.02 Å². The van der Waals surface area contributed by atoms with E-state index in [4.69, 9.17) is 16.3 Å². The van der Waals surface area contributed by atoms with Gasteiger partial charge in [-0.25, -0.2) is 0 Å². The van der Waals surface area contributed by atoms with Crippen LogP contribution < -0.4 is 4.74 Å². The zero-order valence-corrected chi connectivity index (χ0v) is 9.13. The van der Waals surface area contributed by atoms with Crippen LogP contribution in [0.1, 0.15) is 12.5 Å². The maximum Gasteiger partial charge on any atom is 0.137 e. The second kappa shape index (κ2) is 4.86. The molecule has 0 N–H and O–H groups in total. The van der Waals surface area contributed by atoms with E-state index in [-0.39, 0.29) is 0 Å². The minimum absolute atomic E-state index is 0.565. The highest BCUT2D eigenvalue weighted by molar-refractivity contribution is 6.32. The summed E-state index contributed by atoms with van der Waals surface area (Å²) in [6, 6.07) is 5.47. The first-order valence-electron chi connectivity index (χ1n) is 4.10. The number of hydrogen-bond acceptors (Lipinski definition) is 3. The Balaban J connectivity index is 3.02. The molecular formula is C10H12ClNO2. The van der Waals surface area contributed by atoms with E-state index in [1.807, 2.05) is 13.0 Å². The molecule has 0 aromatic heterocycles. The summed E-state index contributed by atoms with van der Waals surface area (Å²) in [7, 11) is 3.09. The summed E-state index contributed by atoms with van der Waals surface area (Å²) < 4.78 is 5.04. The lowest BCUT2D eigenvalue weighted by molar-refractivity contribution is 0.213. The molecule has 0 fully saturated rings. The Morgan fingerprint density at radius 1 is 1.36 bits per heavy atom. The van der Waals surface area contributed by atoms with Crippen molar-refractivity contribution >= 4 is 17.3 Å². The van der Waals surface area contributed by atoms with Crippen LogP contribution in [0.4, 0.5) is 0 Å². The van der Waals surface area contributed by atoms with Crippen LogP contribution in [0, 0.1) is 0 Å². The second-order valence-corrected chi connectivity index (χ2v) is 3.12. The van der Waals surface area contributed by atoms with Crippen molar-refractivity contribution in [1.82, 2.24) is 0 Å². The van der Waals surface area contributed by atoms with Gasteiger partial charge in [-0.05, 0) is 25.1 Å². The van der Waals surface area contributed by atoms with E-state index in [0.717, 1.165) is 11.3 Å². The molecule has 0 saturated carbocycles. The van der Waals surface area contributed by atoms with Crippen molar-refractivity contribution in [2.45, 2.75) is 6.92 Å². The van der Waals surface area contributed by atoms with Crippen LogP contribution in [-0.2, 0) is 4.84 Å². The van der Waals surface area contributed by atoms with Crippen molar-refractivity contribution in [3.63, 3.8) is 0 Å². The van der Waals surface area contributed by atoms with Gasteiger partial charge >= 0.3 is 0 Å². The number of nitrogens with zero attached hydrogens (tertiary/aromatic N) is 1. The zero-order valence-electron chi connectivity index (χ0n) is 8.37. The third-order valence-electron chi connectivity index (χ3n) is 1.80. The number of oxime groups is 1. The van der Waals surface area contributed by atoms with Gasteiger partial charge in [0, 0.05) is 5.56 Å². The van der Waals surface area contributed by atoms with E-state index in [0.29, 0.717) is 10.8 Å². The fraction of sp³-hybridized carbons (Fsp3) is 0.300. The highest BCUT2D eigenvalue weighted by Crippen LogP contribution is 2.25. The first kappa shape index (κ1) is 10.9. The Morgan fingerprint density at radius 2 is 2.07 bits per heavy atom. The first-order chi connectivity index (χ1) is 6.69. The lowest BCUT2D eigenvalue weighted by Crippen LogP contribution is -1.96. The van der Waals surface area contributed by atoms with Crippen LogP contribution in [-0.4, -0.2) is 19.9 Å². The number of hydrogen-bond donors (Lipinski definition) is 0. The van der Waals surface area contributed by atoms with Crippen LogP contribution in [0.25, 0.3) is 0 Å². The molecule has 0 radical (unpaired) electrons. The van der Waals surface area contributed by atoms with Crippen molar-refractivity contribution in [2.24, 2.45) is 5.16 Å². The van der Waals surface area contributed by atoms with E-state index in [2.05, 4.69) is 9.99 Å². The Labute approximate surface area is 88.3 Å². The zero-order chi connectivity index (χ0) is 10.6. The van der Waals surface area contributed by atoms with Crippen molar-refractivity contribution in [1.29, 1.82) is 0 Å². The SMILES string of the molecule is CON=C(C)c1ccc(OC)c(Cl)c1. The molecule has 0 aliphatic rings. The quantitative estimate of drug-likeness (QED) is 0.571. The summed E-state index contributed by atoms with van der Waals surface area (Å²) in [6.07, 6.45) is 0. The maximum atomic E-state index is 5.95. The molecule has 4 heteroatoms. The first-order valence-corrected chi connectivity index (χ1v) is 4.48. The van der Waals surface area contributed by atoms with Gasteiger partial charge in [0.15, 0.2) is 0 Å². The molecule has 3 nitrogen and oxygen atoms in total. The van der Waals surface area contributed by atoms with Crippen molar-refractivity contribution in [3.05, 3.63) is 28.8 Å². The monoisotopic (exact) mass is 213 g/mol. The summed E-state index contributed by atoms with van der Waals surface area (Å²) in [5, 5.41) is 4.37. The Kier molecular flexibility index (Phi) is 3.77. The van der Waals surface area contributed by atoms with E-state index in [1.165, 1.54) is 7.11 Å². The van der Waals surface area contributed by atoms with Crippen LogP contribution in [0.3, 0.4) is 0 Å². The van der Waals surface area contributed by atoms with Gasteiger partial charge in [0.2, 0.25) is 0 Å². The average molecular weight is 214 g/mol. The lowest BCUT2D eigenvalue weighted by atomic mass is 10.1. The average Bonchev–Trinajstić information content (AvgIpc) is 2.18. The molecule has 0 atom stereocenters. The van der Waals surface area contributed by atoms with Gasteiger partial charge in [0.1, 0.15) is 12.9 Å². The molecule has 0 spiro atoms. The molecular weight excluding hydrogens is 202 g/mol. The molecule has 0 amide bonds. The van der Waals surface area contributed by atoms with Crippen molar-refractivity contribution in [2.75, 3.05) is 14.2 Å². The molecule has 0 unspecified atom stereocenters. The molecule has 76 valence electrons. The molecule has 0 heterocycles. The Hall–Kier alpha value is -1.22. The van der Waals surface area contributed by atoms with Gasteiger partial charge in [-0.3, -0.25) is 0 Å². The predicted molar refractivity (Wildman–Crippen MR) is 57.2 cm³/mol. The number of benzene rings is 1. The van der Waals surface area contributed by atoms with Gasteiger partial charge in [-0.1, -0.05) is 16.8 Å². The van der Waals surface area contributed by atoms with E-state index in [1.54, 1.807) is 19.2 Å². The second-order valence-electron chi connectivity index (χ2n) is 2.71. The molecule has 1 aromatic rings. The smallest absolute Gasteiger partial charge is 0.137 e. The van der Waals surface area contributed by atoms with Crippen LogP contribution in [0.15, 0.2) is 23.4 Å². The van der Waals surface area contributed by atoms with Gasteiger partial charge in [-0.15, -0.1) is 0 Å². The predicted octanol–water partition coefficient (Wildman–Crippen LogP) is 2.72. The topological polar surface area (TPSA) is 30.8 Å². The van der Waals surface area contributed by atoms with Crippen molar-refractivity contribution < 1.29 is 9.57 Å². The molecule has 1 rings (SSSR count). The summed E-state index contributed by atoms with van der Waals surface area (Å²) in [5.74, 6) is 0.653. The third-order valence-corrected chi connectivity index (χ3v) is 2.09. The van der Waals surface area contributed by atoms with Crippen molar-refractivity contribution in [3.8, 4) is 5.75 Å². The van der Waals surface area contributed by atoms with Gasteiger partial charge in [0.05, 0.1) is 17.8 Å². The Bertz CT molecular complexity index is 350. The molecule has 14 heavy (non-hydrogen) atoms. The van der Waals surface area contributed by atoms with Gasteiger partial charge in [0.25, 0.3) is 0 Å². The number of halogens is 1. The largest absolute Gasteiger partial charge is 0.495 e. The third kappa shape index (κ3) is 2.39. The number of methoxy groups -OCH3 is 1. The fourth-order valence-electron chi connectivity index (χ4n) is 1.08. The lowest BCUT2D eigenvalue weighted by Gasteiger charge is -2.05. The number of rotatable bonds is 3. The van der Waals surface area contributed by atoms with Gasteiger partial charge in [-0.2, -0.15) is 0 Å². The molecule has 0 aliphatic carbocycles. The molecule has 0 bridgehead atoms. The van der Waals surface area contributed by atoms with Crippen LogP contribution >= 0.6 is 11.6 Å². The molecule has 0 saturated heterocycles. The van der Waals surface area contributed by atoms with Crippen LogP contribution in [0.5, 0.6) is 5.75 Å². The minimum atomic E-state index is 0.565. The normalized spacial score (nSPS) is 11.3. The van der Waals surface area contributed by atoms with Gasteiger partial charge < -0.3 is 9.57 Å². The summed E-state index contributed by atoms with van der Waals surface area (Å²) in [6.45, 7) is 1.85. The summed E-state index contributed by atoms with van der Waals surface area (Å²) in [4.78, 5) is 4.67. The molecule has 1 aromatic carbocycles. The summed E-state index contributed by atoms with van der Waals surface area (Å²) in [5.41, 5.74) is 1.69. The van der Waals surface area contributed by atoms with E-state index in [9.17, 15) is 0 Å². The highest BCUT2D eigenvalue weighted by Gasteiger charge is 2.03. The fourth-order valence-corrected chi connectivity index (χ4v) is 1.34. The van der Waals surface area contributed by atoms with E-state index >= 15 is 0 Å². The molecule has 0 aliphatic heterocycles. The minimum Gasteiger partial charge on any atom is -0.495 e.